The first-order chi connectivity index (χ1) is 14.5. The Morgan fingerprint density at radius 3 is 2.70 bits per heavy atom. The number of methoxy groups -OCH3 is 2. The molecule has 1 heterocycles. The molecule has 1 aliphatic heterocycles. The summed E-state index contributed by atoms with van der Waals surface area (Å²) in [4.78, 5) is 20.5. The molecule has 0 aromatic heterocycles. The molecule has 1 atom stereocenters. The van der Waals surface area contributed by atoms with Crippen LogP contribution in [-0.4, -0.2) is 43.4 Å². The highest BCUT2D eigenvalue weighted by atomic mass is 16.6. The van der Waals surface area contributed by atoms with Crippen LogP contribution in [0.5, 0.6) is 11.5 Å². The molecule has 6 nitrogen and oxygen atoms in total. The first-order valence-corrected chi connectivity index (χ1v) is 10.3. The second-order valence-corrected chi connectivity index (χ2v) is 7.89. The Kier molecular flexibility index (Phi) is 7.33. The van der Waals surface area contributed by atoms with E-state index in [1.807, 2.05) is 53.4 Å². The minimum absolute atomic E-state index is 0.113. The molecule has 0 saturated heterocycles. The molecule has 0 bridgehead atoms. The smallest absolute Gasteiger partial charge is 0.223 e. The van der Waals surface area contributed by atoms with Crippen LogP contribution < -0.4 is 9.47 Å². The van der Waals surface area contributed by atoms with E-state index in [0.717, 1.165) is 28.3 Å². The Hall–Kier alpha value is -3.02. The predicted molar refractivity (Wildman–Crippen MR) is 117 cm³/mol. The number of carbonyl (C=O) groups excluding carboxylic acids is 1. The van der Waals surface area contributed by atoms with Gasteiger partial charge in [0.25, 0.3) is 0 Å². The molecule has 2 aromatic rings. The quantitative estimate of drug-likeness (QED) is 0.619. The van der Waals surface area contributed by atoms with Gasteiger partial charge in [-0.15, -0.1) is 0 Å². The number of hydrogen-bond donors (Lipinski definition) is 0. The first-order valence-electron chi connectivity index (χ1n) is 10.3. The molecular weight excluding hydrogens is 380 g/mol. The van der Waals surface area contributed by atoms with E-state index in [4.69, 9.17) is 14.3 Å². The zero-order valence-electron chi connectivity index (χ0n) is 18.1. The lowest BCUT2D eigenvalue weighted by molar-refractivity contribution is -0.134. The number of benzene rings is 2. The van der Waals surface area contributed by atoms with E-state index in [1.165, 1.54) is 0 Å². The van der Waals surface area contributed by atoms with Crippen LogP contribution in [0.3, 0.4) is 0 Å². The highest BCUT2D eigenvalue weighted by Gasteiger charge is 2.28. The van der Waals surface area contributed by atoms with Crippen molar-refractivity contribution in [1.29, 1.82) is 0 Å². The Morgan fingerprint density at radius 2 is 1.97 bits per heavy atom. The number of rotatable bonds is 9. The Labute approximate surface area is 178 Å². The highest BCUT2D eigenvalue weighted by Crippen LogP contribution is 2.25. The van der Waals surface area contributed by atoms with Gasteiger partial charge in [-0.05, 0) is 35.7 Å². The third-order valence-electron chi connectivity index (χ3n) is 5.02. The van der Waals surface area contributed by atoms with Crippen molar-refractivity contribution in [2.45, 2.75) is 39.3 Å². The molecule has 0 aliphatic carbocycles. The lowest BCUT2D eigenvalue weighted by Gasteiger charge is -2.26. The summed E-state index contributed by atoms with van der Waals surface area (Å²) in [5, 5.41) is 4.28. The van der Waals surface area contributed by atoms with Crippen LogP contribution in [-0.2, 0) is 16.2 Å². The summed E-state index contributed by atoms with van der Waals surface area (Å²) >= 11 is 0. The number of hydrogen-bond acceptors (Lipinski definition) is 5. The van der Waals surface area contributed by atoms with E-state index in [9.17, 15) is 4.79 Å². The summed E-state index contributed by atoms with van der Waals surface area (Å²) in [6.07, 6.45) is 0.938. The van der Waals surface area contributed by atoms with Crippen molar-refractivity contribution in [2.24, 2.45) is 11.1 Å². The van der Waals surface area contributed by atoms with Crippen LogP contribution >= 0.6 is 0 Å². The second-order valence-electron chi connectivity index (χ2n) is 7.89. The minimum atomic E-state index is -0.188. The Bertz CT molecular complexity index is 894. The van der Waals surface area contributed by atoms with Gasteiger partial charge in [-0.1, -0.05) is 43.3 Å². The van der Waals surface area contributed by atoms with Crippen LogP contribution in [0.4, 0.5) is 0 Å². The van der Waals surface area contributed by atoms with Gasteiger partial charge in [-0.3, -0.25) is 4.79 Å². The molecule has 0 saturated carbocycles. The summed E-state index contributed by atoms with van der Waals surface area (Å²) in [5.74, 6) is 1.95. The monoisotopic (exact) mass is 410 g/mol. The van der Waals surface area contributed by atoms with Crippen molar-refractivity contribution in [3.05, 3.63) is 59.7 Å². The van der Waals surface area contributed by atoms with Crippen molar-refractivity contribution < 1.29 is 19.1 Å². The standard InChI is InChI=1S/C24H30N2O4/c1-17(2)12-24(27)26(15-18-8-7-9-19(13-18)28-3)16-20-14-22(25-30-20)21-10-5-6-11-23(21)29-4/h5-11,13,17,20H,12,14-16H2,1-4H3/t20-/m0/s1. The van der Waals surface area contributed by atoms with E-state index in [2.05, 4.69) is 19.0 Å². The third kappa shape index (κ3) is 5.53. The van der Waals surface area contributed by atoms with Gasteiger partial charge in [0.05, 0.1) is 26.5 Å². The van der Waals surface area contributed by atoms with Crippen molar-refractivity contribution >= 4 is 11.6 Å². The van der Waals surface area contributed by atoms with Gasteiger partial charge >= 0.3 is 0 Å². The SMILES string of the molecule is COc1cccc(CN(C[C@@H]2CC(c3ccccc3OC)=NO2)C(=O)CC(C)C)c1. The van der Waals surface area contributed by atoms with Gasteiger partial charge in [0.15, 0.2) is 6.10 Å². The molecule has 0 N–H and O–H groups in total. The molecule has 0 unspecified atom stereocenters. The molecule has 2 aromatic carbocycles. The molecule has 6 heteroatoms. The highest BCUT2D eigenvalue weighted by molar-refractivity contribution is 6.03. The third-order valence-corrected chi connectivity index (χ3v) is 5.02. The molecule has 1 aliphatic rings. The summed E-state index contributed by atoms with van der Waals surface area (Å²) in [7, 11) is 3.29. The lowest BCUT2D eigenvalue weighted by Crippen LogP contribution is -2.37. The normalized spacial score (nSPS) is 15.5. The van der Waals surface area contributed by atoms with Crippen LogP contribution in [0.25, 0.3) is 0 Å². The second kappa shape index (κ2) is 10.1. The molecule has 0 fully saturated rings. The van der Waals surface area contributed by atoms with Crippen LogP contribution in [0.15, 0.2) is 53.7 Å². The number of oxime groups is 1. The maximum Gasteiger partial charge on any atom is 0.223 e. The number of carbonyl (C=O) groups is 1. The minimum Gasteiger partial charge on any atom is -0.497 e. The van der Waals surface area contributed by atoms with Crippen LogP contribution in [0.2, 0.25) is 0 Å². The van der Waals surface area contributed by atoms with Gasteiger partial charge < -0.3 is 19.2 Å². The number of para-hydroxylation sites is 1. The van der Waals surface area contributed by atoms with Crippen molar-refractivity contribution in [1.82, 2.24) is 4.90 Å². The predicted octanol–water partition coefficient (Wildman–Crippen LogP) is 4.27. The molecule has 3 rings (SSSR count). The summed E-state index contributed by atoms with van der Waals surface area (Å²) < 4.78 is 10.8. The van der Waals surface area contributed by atoms with Crippen molar-refractivity contribution in [3.63, 3.8) is 0 Å². The van der Waals surface area contributed by atoms with E-state index in [1.54, 1.807) is 14.2 Å². The van der Waals surface area contributed by atoms with Gasteiger partial charge in [0.1, 0.15) is 11.5 Å². The van der Waals surface area contributed by atoms with Gasteiger partial charge in [-0.2, -0.15) is 0 Å². The molecular formula is C24H30N2O4. The fourth-order valence-corrected chi connectivity index (χ4v) is 3.54. The summed E-state index contributed by atoms with van der Waals surface area (Å²) in [6.45, 7) is 5.09. The average Bonchev–Trinajstić information content (AvgIpc) is 3.21. The molecule has 160 valence electrons. The van der Waals surface area contributed by atoms with Crippen molar-refractivity contribution in [3.8, 4) is 11.5 Å². The van der Waals surface area contributed by atoms with E-state index in [-0.39, 0.29) is 17.9 Å². The van der Waals surface area contributed by atoms with E-state index in [0.29, 0.717) is 25.9 Å². The van der Waals surface area contributed by atoms with Crippen LogP contribution in [0, 0.1) is 5.92 Å². The van der Waals surface area contributed by atoms with Crippen LogP contribution in [0.1, 0.15) is 37.8 Å². The van der Waals surface area contributed by atoms with E-state index < -0.39 is 0 Å². The zero-order valence-corrected chi connectivity index (χ0v) is 18.1. The van der Waals surface area contributed by atoms with Gasteiger partial charge in [0, 0.05) is 24.9 Å². The number of ether oxygens (including phenoxy) is 2. The zero-order chi connectivity index (χ0) is 21.5. The number of nitrogens with zero attached hydrogens (tertiary/aromatic N) is 2. The summed E-state index contributed by atoms with van der Waals surface area (Å²) in [5.41, 5.74) is 2.79. The Morgan fingerprint density at radius 1 is 1.17 bits per heavy atom. The topological polar surface area (TPSA) is 60.4 Å². The molecule has 30 heavy (non-hydrogen) atoms. The Balaban J connectivity index is 1.71. The molecule has 0 radical (unpaired) electrons. The maximum atomic E-state index is 12.9. The largest absolute Gasteiger partial charge is 0.497 e. The fourth-order valence-electron chi connectivity index (χ4n) is 3.54. The maximum absolute atomic E-state index is 12.9. The average molecular weight is 411 g/mol. The van der Waals surface area contributed by atoms with E-state index >= 15 is 0 Å². The van der Waals surface area contributed by atoms with Gasteiger partial charge in [0.2, 0.25) is 5.91 Å². The molecule has 1 amide bonds. The number of amides is 1. The lowest BCUT2D eigenvalue weighted by atomic mass is 10.0. The first kappa shape index (κ1) is 21.7. The van der Waals surface area contributed by atoms with Crippen molar-refractivity contribution in [2.75, 3.05) is 20.8 Å². The van der Waals surface area contributed by atoms with Gasteiger partial charge in [-0.25, -0.2) is 0 Å². The fraction of sp³-hybridized carbons (Fsp3) is 0.417. The summed E-state index contributed by atoms with van der Waals surface area (Å²) in [6, 6.07) is 15.6. The molecule has 0 spiro atoms.